The van der Waals surface area contributed by atoms with Crippen molar-refractivity contribution in [2.45, 2.75) is 57.7 Å². The van der Waals surface area contributed by atoms with E-state index in [1.165, 1.54) is 24.8 Å². The molecule has 1 saturated heterocycles. The van der Waals surface area contributed by atoms with Crippen molar-refractivity contribution in [3.05, 3.63) is 35.9 Å². The van der Waals surface area contributed by atoms with Crippen molar-refractivity contribution >= 4 is 5.96 Å². The second kappa shape index (κ2) is 6.64. The molecular weight excluding hydrogens is 310 g/mol. The first-order chi connectivity index (χ1) is 12.1. The van der Waals surface area contributed by atoms with Gasteiger partial charge >= 0.3 is 0 Å². The molecule has 2 aliphatic carbocycles. The van der Waals surface area contributed by atoms with Crippen molar-refractivity contribution in [2.75, 3.05) is 13.7 Å². The van der Waals surface area contributed by atoms with E-state index in [0.29, 0.717) is 24.1 Å². The molecule has 0 spiro atoms. The monoisotopic (exact) mass is 341 g/mol. The summed E-state index contributed by atoms with van der Waals surface area (Å²) in [5.41, 5.74) is 1.61. The number of ether oxygens (including phenoxy) is 1. The molecule has 0 amide bonds. The Kier molecular flexibility index (Phi) is 4.48. The summed E-state index contributed by atoms with van der Waals surface area (Å²) in [6, 6.07) is 11.8. The van der Waals surface area contributed by atoms with Crippen LogP contribution in [0, 0.1) is 17.3 Å². The number of fused-ring (bicyclic) bond motifs is 1. The molecule has 1 aromatic rings. The standard InChI is InChI=1S/C21H31N3O/c1-21(2)18(16-10-7-11-25-19(16)21)24-20(22-3)23-17-13-15(17)12-14-8-5-4-6-9-14/h4-6,8-9,15-19H,7,10-13H2,1-3H3,(H2,22,23,24). The fourth-order valence-electron chi connectivity index (χ4n) is 4.88. The van der Waals surface area contributed by atoms with Gasteiger partial charge in [0.1, 0.15) is 0 Å². The van der Waals surface area contributed by atoms with Gasteiger partial charge in [-0.2, -0.15) is 0 Å². The Morgan fingerprint density at radius 3 is 2.80 bits per heavy atom. The zero-order valence-electron chi connectivity index (χ0n) is 15.7. The molecule has 0 bridgehead atoms. The number of hydrogen-bond donors (Lipinski definition) is 2. The van der Waals surface area contributed by atoms with Crippen molar-refractivity contribution < 1.29 is 4.74 Å². The SMILES string of the molecule is CN=C(NC1CC1Cc1ccccc1)NC1C2CCCOC2C1(C)C. The highest BCUT2D eigenvalue weighted by Gasteiger charge is 2.58. The highest BCUT2D eigenvalue weighted by molar-refractivity contribution is 5.81. The summed E-state index contributed by atoms with van der Waals surface area (Å²) in [7, 11) is 1.88. The molecule has 2 N–H and O–H groups in total. The highest BCUT2D eigenvalue weighted by Crippen LogP contribution is 2.51. The van der Waals surface area contributed by atoms with Crippen LogP contribution in [0.3, 0.4) is 0 Å². The lowest BCUT2D eigenvalue weighted by atomic mass is 9.55. The minimum absolute atomic E-state index is 0.176. The normalized spacial score (nSPS) is 36.1. The lowest BCUT2D eigenvalue weighted by Gasteiger charge is -2.60. The Balaban J connectivity index is 1.30. The second-order valence-corrected chi connectivity index (χ2v) is 8.55. The molecule has 3 aliphatic rings. The number of rotatable bonds is 4. The number of aliphatic imine (C=N–C) groups is 1. The summed E-state index contributed by atoms with van der Waals surface area (Å²) in [5, 5.41) is 7.35. The smallest absolute Gasteiger partial charge is 0.191 e. The molecule has 5 unspecified atom stereocenters. The third kappa shape index (κ3) is 3.29. The Morgan fingerprint density at radius 1 is 1.24 bits per heavy atom. The van der Waals surface area contributed by atoms with Gasteiger partial charge < -0.3 is 15.4 Å². The maximum atomic E-state index is 6.01. The van der Waals surface area contributed by atoms with Gasteiger partial charge in [-0.25, -0.2) is 0 Å². The van der Waals surface area contributed by atoms with Crippen molar-refractivity contribution in [2.24, 2.45) is 22.2 Å². The molecule has 25 heavy (non-hydrogen) atoms. The minimum Gasteiger partial charge on any atom is -0.377 e. The molecule has 4 rings (SSSR count). The molecule has 0 aromatic heterocycles. The fourth-order valence-corrected chi connectivity index (χ4v) is 4.88. The number of nitrogens with one attached hydrogen (secondary N) is 2. The van der Waals surface area contributed by atoms with Gasteiger partial charge in [0.2, 0.25) is 0 Å². The van der Waals surface area contributed by atoms with E-state index in [2.05, 4.69) is 59.8 Å². The Hall–Kier alpha value is -1.55. The fraction of sp³-hybridized carbons (Fsp3) is 0.667. The van der Waals surface area contributed by atoms with Gasteiger partial charge in [-0.1, -0.05) is 44.2 Å². The molecule has 1 aromatic carbocycles. The lowest BCUT2D eigenvalue weighted by molar-refractivity contribution is -0.188. The van der Waals surface area contributed by atoms with Crippen LogP contribution in [0.5, 0.6) is 0 Å². The summed E-state index contributed by atoms with van der Waals surface area (Å²) in [5.74, 6) is 2.31. The van der Waals surface area contributed by atoms with Crippen molar-refractivity contribution in [1.82, 2.24) is 10.6 Å². The van der Waals surface area contributed by atoms with E-state index in [0.717, 1.165) is 24.9 Å². The molecule has 3 fully saturated rings. The molecule has 1 heterocycles. The van der Waals surface area contributed by atoms with E-state index >= 15 is 0 Å². The van der Waals surface area contributed by atoms with Crippen LogP contribution in [0.1, 0.15) is 38.7 Å². The van der Waals surface area contributed by atoms with Gasteiger partial charge in [-0.15, -0.1) is 0 Å². The summed E-state index contributed by atoms with van der Waals surface area (Å²) in [6.45, 7) is 5.56. The van der Waals surface area contributed by atoms with E-state index in [9.17, 15) is 0 Å². The Labute approximate surface area is 151 Å². The third-order valence-corrected chi connectivity index (χ3v) is 6.43. The first-order valence-electron chi connectivity index (χ1n) is 9.75. The second-order valence-electron chi connectivity index (χ2n) is 8.55. The summed E-state index contributed by atoms with van der Waals surface area (Å²) >= 11 is 0. The topological polar surface area (TPSA) is 45.7 Å². The summed E-state index contributed by atoms with van der Waals surface area (Å²) in [6.07, 6.45) is 5.25. The first kappa shape index (κ1) is 16.9. The van der Waals surface area contributed by atoms with Crippen LogP contribution >= 0.6 is 0 Å². The van der Waals surface area contributed by atoms with E-state index in [4.69, 9.17) is 4.74 Å². The Bertz CT molecular complexity index is 627. The van der Waals surface area contributed by atoms with Crippen molar-refractivity contribution in [3.8, 4) is 0 Å². The lowest BCUT2D eigenvalue weighted by Crippen LogP contribution is -2.71. The van der Waals surface area contributed by atoms with E-state index in [1.54, 1.807) is 0 Å². The highest BCUT2D eigenvalue weighted by atomic mass is 16.5. The first-order valence-corrected chi connectivity index (χ1v) is 9.75. The molecule has 1 aliphatic heterocycles. The van der Waals surface area contributed by atoms with Gasteiger partial charge in [-0.05, 0) is 37.2 Å². The van der Waals surface area contributed by atoms with Gasteiger partial charge in [0.25, 0.3) is 0 Å². The molecular formula is C21H31N3O. The molecule has 4 nitrogen and oxygen atoms in total. The quantitative estimate of drug-likeness (QED) is 0.654. The van der Waals surface area contributed by atoms with Gasteiger partial charge in [0, 0.05) is 37.1 Å². The van der Waals surface area contributed by atoms with Crippen molar-refractivity contribution in [1.29, 1.82) is 0 Å². The molecule has 2 saturated carbocycles. The largest absolute Gasteiger partial charge is 0.377 e. The minimum atomic E-state index is 0.176. The predicted molar refractivity (Wildman–Crippen MR) is 102 cm³/mol. The van der Waals surface area contributed by atoms with Crippen molar-refractivity contribution in [3.63, 3.8) is 0 Å². The van der Waals surface area contributed by atoms with Crippen LogP contribution in [-0.2, 0) is 11.2 Å². The average Bonchev–Trinajstić information content (AvgIpc) is 3.36. The number of benzene rings is 1. The van der Waals surface area contributed by atoms with Crippen LogP contribution < -0.4 is 10.6 Å². The van der Waals surface area contributed by atoms with E-state index in [-0.39, 0.29) is 5.41 Å². The summed E-state index contributed by atoms with van der Waals surface area (Å²) in [4.78, 5) is 4.49. The van der Waals surface area contributed by atoms with Crippen LogP contribution in [0.25, 0.3) is 0 Å². The van der Waals surface area contributed by atoms with Crippen LogP contribution in [0.4, 0.5) is 0 Å². The maximum absolute atomic E-state index is 6.01. The maximum Gasteiger partial charge on any atom is 0.191 e. The zero-order chi connectivity index (χ0) is 17.4. The number of nitrogens with zero attached hydrogens (tertiary/aromatic N) is 1. The zero-order valence-corrected chi connectivity index (χ0v) is 15.7. The summed E-state index contributed by atoms with van der Waals surface area (Å²) < 4.78 is 6.01. The van der Waals surface area contributed by atoms with Crippen LogP contribution in [0.15, 0.2) is 35.3 Å². The molecule has 0 radical (unpaired) electrons. The Morgan fingerprint density at radius 2 is 2.04 bits per heavy atom. The number of hydrogen-bond acceptors (Lipinski definition) is 2. The van der Waals surface area contributed by atoms with E-state index < -0.39 is 0 Å². The predicted octanol–water partition coefficient (Wildman–Crippen LogP) is 2.99. The van der Waals surface area contributed by atoms with Crippen LogP contribution in [0.2, 0.25) is 0 Å². The van der Waals surface area contributed by atoms with Gasteiger partial charge in [0.05, 0.1) is 6.10 Å². The third-order valence-electron chi connectivity index (χ3n) is 6.43. The van der Waals surface area contributed by atoms with Crippen LogP contribution in [-0.4, -0.2) is 37.8 Å². The molecule has 136 valence electrons. The molecule has 4 heteroatoms. The molecule has 5 atom stereocenters. The number of guanidine groups is 1. The average molecular weight is 341 g/mol. The van der Waals surface area contributed by atoms with Gasteiger partial charge in [0.15, 0.2) is 5.96 Å². The van der Waals surface area contributed by atoms with Gasteiger partial charge in [-0.3, -0.25) is 4.99 Å². The van der Waals surface area contributed by atoms with E-state index in [1.807, 2.05) is 7.05 Å².